The van der Waals surface area contributed by atoms with E-state index in [1.54, 1.807) is 16.9 Å². The van der Waals surface area contributed by atoms with Gasteiger partial charge in [0.05, 0.1) is 0 Å². The molecule has 132 valence electrons. The highest BCUT2D eigenvalue weighted by Crippen LogP contribution is 2.32. The van der Waals surface area contributed by atoms with E-state index in [9.17, 15) is 4.79 Å². The highest BCUT2D eigenvalue weighted by atomic mass is 16.2. The van der Waals surface area contributed by atoms with Gasteiger partial charge in [-0.1, -0.05) is 6.07 Å². The van der Waals surface area contributed by atoms with Crippen LogP contribution in [0, 0.1) is 0 Å². The average Bonchev–Trinajstić information content (AvgIpc) is 3.22. The van der Waals surface area contributed by atoms with Crippen LogP contribution in [-0.2, 0) is 0 Å². The van der Waals surface area contributed by atoms with Crippen molar-refractivity contribution in [3.63, 3.8) is 0 Å². The molecule has 2 aliphatic heterocycles. The van der Waals surface area contributed by atoms with E-state index < -0.39 is 0 Å². The average molecular weight is 339 g/mol. The SMILES string of the molecule is CC(C)N1C2CCC1CN(C(=O)c1cccc(-n3cccn3)n1)CC2. The topological polar surface area (TPSA) is 54.3 Å². The van der Waals surface area contributed by atoms with E-state index in [-0.39, 0.29) is 5.91 Å². The lowest BCUT2D eigenvalue weighted by molar-refractivity contribution is 0.0722. The Morgan fingerprint density at radius 3 is 2.76 bits per heavy atom. The van der Waals surface area contributed by atoms with Gasteiger partial charge in [0, 0.05) is 43.6 Å². The molecule has 6 heteroatoms. The van der Waals surface area contributed by atoms with E-state index in [1.807, 2.05) is 29.3 Å². The van der Waals surface area contributed by atoms with Crippen molar-refractivity contribution < 1.29 is 4.79 Å². The van der Waals surface area contributed by atoms with Crippen molar-refractivity contribution in [1.29, 1.82) is 0 Å². The predicted octanol–water partition coefficient (Wildman–Crippen LogP) is 2.35. The number of hydrogen-bond acceptors (Lipinski definition) is 4. The monoisotopic (exact) mass is 339 g/mol. The van der Waals surface area contributed by atoms with Crippen LogP contribution in [0.5, 0.6) is 0 Å². The maximum atomic E-state index is 13.0. The summed E-state index contributed by atoms with van der Waals surface area (Å²) in [6.45, 7) is 6.15. The van der Waals surface area contributed by atoms with E-state index >= 15 is 0 Å². The third-order valence-corrected chi connectivity index (χ3v) is 5.42. The molecule has 0 spiro atoms. The quantitative estimate of drug-likeness (QED) is 0.861. The first-order chi connectivity index (χ1) is 12.1. The Kier molecular flexibility index (Phi) is 4.29. The summed E-state index contributed by atoms with van der Waals surface area (Å²) in [5, 5.41) is 4.20. The molecule has 0 N–H and O–H groups in total. The Bertz CT molecular complexity index is 742. The second-order valence-electron chi connectivity index (χ2n) is 7.30. The normalized spacial score (nSPS) is 23.9. The van der Waals surface area contributed by atoms with Crippen LogP contribution in [0.4, 0.5) is 0 Å². The van der Waals surface area contributed by atoms with Gasteiger partial charge in [0.15, 0.2) is 5.82 Å². The Hall–Kier alpha value is -2.21. The summed E-state index contributed by atoms with van der Waals surface area (Å²) < 4.78 is 1.68. The van der Waals surface area contributed by atoms with Gasteiger partial charge < -0.3 is 4.90 Å². The number of carbonyl (C=O) groups is 1. The molecule has 2 aliphatic rings. The molecule has 6 nitrogen and oxygen atoms in total. The van der Waals surface area contributed by atoms with Gasteiger partial charge in [-0.2, -0.15) is 5.10 Å². The first-order valence-electron chi connectivity index (χ1n) is 9.17. The van der Waals surface area contributed by atoms with E-state index in [1.165, 1.54) is 12.8 Å². The van der Waals surface area contributed by atoms with Crippen molar-refractivity contribution in [2.75, 3.05) is 13.1 Å². The van der Waals surface area contributed by atoms with Gasteiger partial charge in [-0.3, -0.25) is 9.69 Å². The molecular formula is C19H25N5O. The summed E-state index contributed by atoms with van der Waals surface area (Å²) >= 11 is 0. The second-order valence-corrected chi connectivity index (χ2v) is 7.30. The zero-order chi connectivity index (χ0) is 17.4. The van der Waals surface area contributed by atoms with Crippen LogP contribution >= 0.6 is 0 Å². The first-order valence-corrected chi connectivity index (χ1v) is 9.17. The third kappa shape index (κ3) is 3.06. The van der Waals surface area contributed by atoms with Crippen LogP contribution in [-0.4, -0.2) is 61.7 Å². The highest BCUT2D eigenvalue weighted by molar-refractivity contribution is 5.92. The molecule has 2 saturated heterocycles. The molecule has 0 aromatic carbocycles. The molecule has 2 unspecified atom stereocenters. The number of hydrogen-bond donors (Lipinski definition) is 0. The maximum absolute atomic E-state index is 13.0. The molecule has 25 heavy (non-hydrogen) atoms. The van der Waals surface area contributed by atoms with E-state index in [0.717, 1.165) is 19.5 Å². The van der Waals surface area contributed by atoms with Crippen molar-refractivity contribution in [3.05, 3.63) is 42.4 Å². The molecule has 1 amide bonds. The lowest BCUT2D eigenvalue weighted by atomic mass is 10.1. The summed E-state index contributed by atoms with van der Waals surface area (Å²) in [5.41, 5.74) is 0.502. The fourth-order valence-electron chi connectivity index (χ4n) is 4.37. The minimum absolute atomic E-state index is 0.0327. The van der Waals surface area contributed by atoms with Gasteiger partial charge in [-0.25, -0.2) is 9.67 Å². The molecule has 2 fully saturated rings. The standard InChI is InChI=1S/C19H25N5O/c1-14(2)24-15-7-8-16(24)13-22(12-9-15)19(25)17-5-3-6-18(21-17)23-11-4-10-20-23/h3-6,10-11,14-16H,7-9,12-13H2,1-2H3. The number of aromatic nitrogens is 3. The molecule has 2 aromatic heterocycles. The van der Waals surface area contributed by atoms with E-state index in [4.69, 9.17) is 0 Å². The van der Waals surface area contributed by atoms with Crippen molar-refractivity contribution in [2.24, 2.45) is 0 Å². The largest absolute Gasteiger partial charge is 0.336 e. The van der Waals surface area contributed by atoms with Crippen molar-refractivity contribution in [2.45, 2.75) is 51.2 Å². The minimum Gasteiger partial charge on any atom is -0.336 e. The molecule has 0 radical (unpaired) electrons. The third-order valence-electron chi connectivity index (χ3n) is 5.42. The van der Waals surface area contributed by atoms with Crippen LogP contribution in [0.25, 0.3) is 5.82 Å². The summed E-state index contributed by atoms with van der Waals surface area (Å²) in [7, 11) is 0. The number of carbonyl (C=O) groups excluding carboxylic acids is 1. The molecule has 2 bridgehead atoms. The second kappa shape index (κ2) is 6.59. The lowest BCUT2D eigenvalue weighted by Gasteiger charge is -2.32. The van der Waals surface area contributed by atoms with Crippen molar-refractivity contribution >= 4 is 5.91 Å². The van der Waals surface area contributed by atoms with Crippen LogP contribution in [0.3, 0.4) is 0 Å². The van der Waals surface area contributed by atoms with E-state index in [0.29, 0.717) is 29.6 Å². The lowest BCUT2D eigenvalue weighted by Crippen LogP contribution is -2.44. The highest BCUT2D eigenvalue weighted by Gasteiger charge is 2.39. The molecule has 4 rings (SSSR count). The summed E-state index contributed by atoms with van der Waals surface area (Å²) in [6, 6.07) is 9.03. The van der Waals surface area contributed by atoms with Gasteiger partial charge >= 0.3 is 0 Å². The number of fused-ring (bicyclic) bond motifs is 2. The Morgan fingerprint density at radius 1 is 1.16 bits per heavy atom. The van der Waals surface area contributed by atoms with Gasteiger partial charge in [0.25, 0.3) is 5.91 Å². The van der Waals surface area contributed by atoms with Gasteiger partial charge in [0.2, 0.25) is 0 Å². The zero-order valence-corrected chi connectivity index (χ0v) is 14.9. The molecule has 0 aliphatic carbocycles. The maximum Gasteiger partial charge on any atom is 0.272 e. The van der Waals surface area contributed by atoms with Crippen molar-refractivity contribution in [3.8, 4) is 5.82 Å². The molecule has 0 saturated carbocycles. The summed E-state index contributed by atoms with van der Waals surface area (Å²) in [4.78, 5) is 22.2. The fraction of sp³-hybridized carbons (Fsp3) is 0.526. The van der Waals surface area contributed by atoms with Gasteiger partial charge in [-0.15, -0.1) is 0 Å². The van der Waals surface area contributed by atoms with Gasteiger partial charge in [0.1, 0.15) is 5.69 Å². The van der Waals surface area contributed by atoms with Crippen molar-refractivity contribution in [1.82, 2.24) is 24.6 Å². The number of likely N-dealkylation sites (tertiary alicyclic amines) is 1. The van der Waals surface area contributed by atoms with Crippen LogP contribution in [0.1, 0.15) is 43.6 Å². The number of amides is 1. The molecule has 2 aromatic rings. The number of pyridine rings is 1. The number of rotatable bonds is 3. The zero-order valence-electron chi connectivity index (χ0n) is 14.9. The Balaban J connectivity index is 1.55. The van der Waals surface area contributed by atoms with Crippen LogP contribution in [0.15, 0.2) is 36.7 Å². The summed E-state index contributed by atoms with van der Waals surface area (Å²) in [6.07, 6.45) is 7.05. The van der Waals surface area contributed by atoms with E-state index in [2.05, 4.69) is 28.8 Å². The molecular weight excluding hydrogens is 314 g/mol. The Morgan fingerprint density at radius 2 is 2.00 bits per heavy atom. The van der Waals surface area contributed by atoms with Crippen LogP contribution < -0.4 is 0 Å². The van der Waals surface area contributed by atoms with Gasteiger partial charge in [-0.05, 0) is 51.3 Å². The minimum atomic E-state index is 0.0327. The predicted molar refractivity (Wildman–Crippen MR) is 95.7 cm³/mol. The summed E-state index contributed by atoms with van der Waals surface area (Å²) in [5.74, 6) is 0.710. The van der Waals surface area contributed by atoms with Crippen LogP contribution in [0.2, 0.25) is 0 Å². The molecule has 4 heterocycles. The number of nitrogens with zero attached hydrogens (tertiary/aromatic N) is 5. The molecule has 2 atom stereocenters. The fourth-order valence-corrected chi connectivity index (χ4v) is 4.37. The Labute approximate surface area is 148 Å². The smallest absolute Gasteiger partial charge is 0.272 e. The first kappa shape index (κ1) is 16.3.